The molecule has 1 saturated carbocycles. The first-order chi connectivity index (χ1) is 14.5. The van der Waals surface area contributed by atoms with E-state index in [0.29, 0.717) is 23.6 Å². The predicted molar refractivity (Wildman–Crippen MR) is 116 cm³/mol. The van der Waals surface area contributed by atoms with E-state index in [1.165, 1.54) is 0 Å². The van der Waals surface area contributed by atoms with Crippen LogP contribution in [0.15, 0.2) is 30.6 Å². The molecule has 3 aromatic heterocycles. The van der Waals surface area contributed by atoms with Crippen LogP contribution in [0.25, 0.3) is 22.5 Å². The van der Waals surface area contributed by atoms with E-state index >= 15 is 0 Å². The maximum Gasteiger partial charge on any atom is 0.337 e. The molecule has 3 aromatic rings. The molecule has 1 atom stereocenters. The van der Waals surface area contributed by atoms with Crippen LogP contribution in [0.2, 0.25) is 0 Å². The topological polar surface area (TPSA) is 108 Å². The van der Waals surface area contributed by atoms with Crippen LogP contribution < -0.4 is 10.6 Å². The van der Waals surface area contributed by atoms with E-state index in [9.17, 15) is 9.90 Å². The average molecular weight is 403 g/mol. The third kappa shape index (κ3) is 2.97. The summed E-state index contributed by atoms with van der Waals surface area (Å²) in [5, 5.41) is 9.98. The molecule has 7 heteroatoms. The van der Waals surface area contributed by atoms with Crippen LogP contribution in [0.1, 0.15) is 46.1 Å². The molecule has 0 spiro atoms. The minimum Gasteiger partial charge on any atom is -0.478 e. The van der Waals surface area contributed by atoms with Crippen molar-refractivity contribution >= 4 is 11.8 Å². The zero-order chi connectivity index (χ0) is 21.0. The van der Waals surface area contributed by atoms with Crippen molar-refractivity contribution in [2.75, 3.05) is 19.0 Å². The zero-order valence-electron chi connectivity index (χ0n) is 17.1. The highest BCUT2D eigenvalue weighted by Gasteiger charge is 2.37. The number of aromatic carboxylic acids is 1. The van der Waals surface area contributed by atoms with E-state index in [1.807, 2.05) is 37.2 Å². The Morgan fingerprint density at radius 1 is 1.30 bits per heavy atom. The van der Waals surface area contributed by atoms with Crippen LogP contribution in [0, 0.1) is 5.92 Å². The van der Waals surface area contributed by atoms with Gasteiger partial charge in [-0.3, -0.25) is 4.98 Å². The number of carboxylic acids is 1. The van der Waals surface area contributed by atoms with Crippen molar-refractivity contribution in [1.82, 2.24) is 15.0 Å². The van der Waals surface area contributed by atoms with Gasteiger partial charge in [-0.15, -0.1) is 0 Å². The summed E-state index contributed by atoms with van der Waals surface area (Å²) in [6, 6.07) is 5.65. The minimum absolute atomic E-state index is 0.266. The molecule has 1 fully saturated rings. The number of anilines is 1. The molecular formula is C23H25N5O2. The van der Waals surface area contributed by atoms with E-state index in [1.54, 1.807) is 12.4 Å². The molecule has 30 heavy (non-hydrogen) atoms. The van der Waals surface area contributed by atoms with Crippen LogP contribution >= 0.6 is 0 Å². The fourth-order valence-corrected chi connectivity index (χ4v) is 4.54. The normalized spacial score (nSPS) is 16.0. The summed E-state index contributed by atoms with van der Waals surface area (Å²) >= 11 is 0. The largest absolute Gasteiger partial charge is 0.478 e. The van der Waals surface area contributed by atoms with E-state index in [-0.39, 0.29) is 6.04 Å². The lowest BCUT2D eigenvalue weighted by molar-refractivity contribution is 0.0694. The second kappa shape index (κ2) is 6.95. The van der Waals surface area contributed by atoms with E-state index in [0.717, 1.165) is 58.7 Å². The van der Waals surface area contributed by atoms with Crippen molar-refractivity contribution in [2.45, 2.75) is 31.7 Å². The lowest BCUT2D eigenvalue weighted by Gasteiger charge is -2.24. The van der Waals surface area contributed by atoms with Crippen molar-refractivity contribution in [3.05, 3.63) is 53.0 Å². The summed E-state index contributed by atoms with van der Waals surface area (Å²) in [5.41, 5.74) is 13.1. The molecule has 0 bridgehead atoms. The molecule has 0 aliphatic heterocycles. The lowest BCUT2D eigenvalue weighted by Crippen LogP contribution is -2.18. The number of hydrogen-bond acceptors (Lipinski definition) is 5. The fourth-order valence-electron chi connectivity index (χ4n) is 4.54. The van der Waals surface area contributed by atoms with Gasteiger partial charge in [0.15, 0.2) is 0 Å². The number of hydrogen-bond donors (Lipinski definition) is 3. The number of aromatic nitrogens is 3. The monoisotopic (exact) mass is 403 g/mol. The smallest absolute Gasteiger partial charge is 0.337 e. The molecule has 0 radical (unpaired) electrons. The zero-order valence-corrected chi connectivity index (χ0v) is 17.1. The van der Waals surface area contributed by atoms with E-state index in [4.69, 9.17) is 10.7 Å². The first-order valence-corrected chi connectivity index (χ1v) is 10.3. The van der Waals surface area contributed by atoms with Crippen LogP contribution in [0.3, 0.4) is 0 Å². The molecule has 0 amide bonds. The van der Waals surface area contributed by atoms with Gasteiger partial charge in [-0.1, -0.05) is 0 Å². The second-order valence-electron chi connectivity index (χ2n) is 8.43. The Labute approximate surface area is 175 Å². The van der Waals surface area contributed by atoms with Crippen molar-refractivity contribution < 1.29 is 9.90 Å². The molecule has 4 N–H and O–H groups in total. The number of nitrogens with one attached hydrogen (secondary N) is 1. The van der Waals surface area contributed by atoms with Crippen molar-refractivity contribution in [2.24, 2.45) is 11.7 Å². The number of carbonyl (C=O) groups is 1. The first kappa shape index (κ1) is 18.8. The maximum absolute atomic E-state index is 12.2. The molecular weight excluding hydrogens is 378 g/mol. The van der Waals surface area contributed by atoms with E-state index < -0.39 is 5.97 Å². The Kier molecular flexibility index (Phi) is 4.36. The minimum atomic E-state index is -0.906. The summed E-state index contributed by atoms with van der Waals surface area (Å²) in [6.07, 6.45) is 7.05. The third-order valence-electron chi connectivity index (χ3n) is 6.19. The van der Waals surface area contributed by atoms with Gasteiger partial charge >= 0.3 is 5.97 Å². The summed E-state index contributed by atoms with van der Waals surface area (Å²) < 4.78 is 0. The molecule has 1 unspecified atom stereocenters. The maximum atomic E-state index is 12.2. The van der Waals surface area contributed by atoms with Gasteiger partial charge in [0.25, 0.3) is 0 Å². The number of carboxylic acid groups (broad SMARTS) is 1. The first-order valence-electron chi connectivity index (χ1n) is 10.3. The molecule has 0 saturated heterocycles. The number of nitrogens with two attached hydrogens (primary N) is 1. The molecule has 3 heterocycles. The van der Waals surface area contributed by atoms with Crippen LogP contribution in [-0.4, -0.2) is 40.1 Å². The number of H-pyrrole nitrogens is 1. The average Bonchev–Trinajstić information content (AvgIpc) is 3.51. The van der Waals surface area contributed by atoms with Crippen molar-refractivity contribution in [3.63, 3.8) is 0 Å². The SMILES string of the molecule is CN(C)c1nc(-c2cccnc2)cc2c1CCc1c-2[nH]c(C(N)C2CC2)c1C(=O)O. The van der Waals surface area contributed by atoms with Crippen molar-refractivity contribution in [3.8, 4) is 22.5 Å². The van der Waals surface area contributed by atoms with Gasteiger partial charge in [-0.05, 0) is 55.4 Å². The Bertz CT molecular complexity index is 1130. The molecule has 2 aliphatic rings. The highest BCUT2D eigenvalue weighted by atomic mass is 16.4. The lowest BCUT2D eigenvalue weighted by atomic mass is 9.87. The van der Waals surface area contributed by atoms with Gasteiger partial charge in [0.2, 0.25) is 0 Å². The Hall–Kier alpha value is -3.19. The number of aromatic amines is 1. The van der Waals surface area contributed by atoms with E-state index in [2.05, 4.69) is 9.97 Å². The van der Waals surface area contributed by atoms with Gasteiger partial charge in [-0.2, -0.15) is 0 Å². The van der Waals surface area contributed by atoms with Crippen LogP contribution in [0.5, 0.6) is 0 Å². The highest BCUT2D eigenvalue weighted by Crippen LogP contribution is 2.45. The van der Waals surface area contributed by atoms with Crippen LogP contribution in [-0.2, 0) is 12.8 Å². The predicted octanol–water partition coefficient (Wildman–Crippen LogP) is 3.41. The summed E-state index contributed by atoms with van der Waals surface area (Å²) in [7, 11) is 3.97. The Balaban J connectivity index is 1.74. The summed E-state index contributed by atoms with van der Waals surface area (Å²) in [5.74, 6) is 0.358. The third-order valence-corrected chi connectivity index (χ3v) is 6.19. The Morgan fingerprint density at radius 2 is 2.07 bits per heavy atom. The molecule has 5 rings (SSSR count). The summed E-state index contributed by atoms with van der Waals surface area (Å²) in [4.78, 5) is 26.8. The molecule has 2 aliphatic carbocycles. The number of pyridine rings is 2. The van der Waals surface area contributed by atoms with Gasteiger partial charge in [-0.25, -0.2) is 9.78 Å². The second-order valence-corrected chi connectivity index (χ2v) is 8.43. The highest BCUT2D eigenvalue weighted by molar-refractivity contribution is 5.95. The van der Waals surface area contributed by atoms with Gasteiger partial charge < -0.3 is 20.7 Å². The number of fused-ring (bicyclic) bond motifs is 3. The fraction of sp³-hybridized carbons (Fsp3) is 0.348. The molecule has 7 nitrogen and oxygen atoms in total. The Morgan fingerprint density at radius 3 is 2.70 bits per heavy atom. The van der Waals surface area contributed by atoms with Gasteiger partial charge in [0.1, 0.15) is 5.82 Å². The van der Waals surface area contributed by atoms with Gasteiger partial charge in [0, 0.05) is 54.9 Å². The molecule has 154 valence electrons. The molecule has 0 aromatic carbocycles. The quantitative estimate of drug-likeness (QED) is 0.602. The van der Waals surface area contributed by atoms with Crippen LogP contribution in [0.4, 0.5) is 5.82 Å². The standard InChI is InChI=1S/C23H25N5O2/c1-28(2)22-14-7-8-15-18(23(29)30)21(19(24)12-5-6-12)27-20(15)16(14)10-17(26-22)13-4-3-9-25-11-13/h3-4,9-12,19,27H,5-8,24H2,1-2H3,(H,29,30). The number of nitrogens with zero attached hydrogens (tertiary/aromatic N) is 3. The van der Waals surface area contributed by atoms with Gasteiger partial charge in [0.05, 0.1) is 17.0 Å². The number of rotatable bonds is 5. The van der Waals surface area contributed by atoms with Crippen molar-refractivity contribution in [1.29, 1.82) is 0 Å². The summed E-state index contributed by atoms with van der Waals surface area (Å²) in [6.45, 7) is 0.